The minimum atomic E-state index is -0.373. The van der Waals surface area contributed by atoms with Crippen LogP contribution in [0.4, 0.5) is 0 Å². The molecule has 0 atom stereocenters. The maximum Gasteiger partial charge on any atom is 0.277 e. The van der Waals surface area contributed by atoms with Crippen LogP contribution in [0.3, 0.4) is 0 Å². The number of furan rings is 1. The number of ether oxygens (including phenoxy) is 1. The molecule has 2 rings (SSSR count). The third kappa shape index (κ3) is 4.71. The predicted molar refractivity (Wildman–Crippen MR) is 79.1 cm³/mol. The molecule has 1 heterocycles. The van der Waals surface area contributed by atoms with Gasteiger partial charge in [0.15, 0.2) is 11.3 Å². The Labute approximate surface area is 128 Å². The second kappa shape index (κ2) is 7.12. The molecule has 7 heteroatoms. The van der Waals surface area contributed by atoms with Crippen LogP contribution in [0.25, 0.3) is 0 Å². The topological polar surface area (TPSA) is 63.8 Å². The summed E-state index contributed by atoms with van der Waals surface area (Å²) < 4.78 is 11.0. The van der Waals surface area contributed by atoms with Crippen molar-refractivity contribution < 1.29 is 13.9 Å². The lowest BCUT2D eigenvalue weighted by Gasteiger charge is -2.04. The van der Waals surface area contributed by atoms with Gasteiger partial charge in [-0.2, -0.15) is 5.10 Å². The first-order valence-electron chi connectivity index (χ1n) is 5.59. The molecular formula is C13H10BrClN2O3. The number of hydrogen-bond donors (Lipinski definition) is 1. The highest BCUT2D eigenvalue weighted by Gasteiger charge is 2.01. The van der Waals surface area contributed by atoms with Gasteiger partial charge < -0.3 is 9.15 Å². The van der Waals surface area contributed by atoms with E-state index in [0.717, 1.165) is 0 Å². The summed E-state index contributed by atoms with van der Waals surface area (Å²) in [6, 6.07) is 10.2. The SMILES string of the molecule is O=C(COc1ccc(Cl)cc1)NN=Cc1ccc(Br)o1. The van der Waals surface area contributed by atoms with Crippen LogP contribution in [0.2, 0.25) is 5.02 Å². The number of hydrogen-bond acceptors (Lipinski definition) is 4. The first kappa shape index (κ1) is 14.6. The predicted octanol–water partition coefficient (Wildman–Crippen LogP) is 3.22. The number of carbonyl (C=O) groups excluding carboxylic acids is 1. The third-order valence-electron chi connectivity index (χ3n) is 2.16. The highest BCUT2D eigenvalue weighted by Crippen LogP contribution is 2.15. The Hall–Kier alpha value is -1.79. The van der Waals surface area contributed by atoms with E-state index >= 15 is 0 Å². The molecule has 104 valence electrons. The molecule has 0 spiro atoms. The fraction of sp³-hybridized carbons (Fsp3) is 0.0769. The molecule has 0 unspecified atom stereocenters. The number of nitrogens with zero attached hydrogens (tertiary/aromatic N) is 1. The maximum atomic E-state index is 11.5. The zero-order valence-electron chi connectivity index (χ0n) is 10.2. The molecule has 1 amide bonds. The lowest BCUT2D eigenvalue weighted by Crippen LogP contribution is -2.24. The van der Waals surface area contributed by atoms with E-state index < -0.39 is 0 Å². The highest BCUT2D eigenvalue weighted by atomic mass is 79.9. The van der Waals surface area contributed by atoms with E-state index in [1.54, 1.807) is 36.4 Å². The van der Waals surface area contributed by atoms with Crippen LogP contribution in [0.1, 0.15) is 5.76 Å². The molecule has 0 radical (unpaired) electrons. The lowest BCUT2D eigenvalue weighted by molar-refractivity contribution is -0.123. The Balaban J connectivity index is 1.75. The monoisotopic (exact) mass is 356 g/mol. The molecular weight excluding hydrogens is 348 g/mol. The molecule has 0 saturated carbocycles. The molecule has 1 aromatic carbocycles. The number of hydrazone groups is 1. The van der Waals surface area contributed by atoms with E-state index in [2.05, 4.69) is 26.5 Å². The van der Waals surface area contributed by atoms with Gasteiger partial charge in [0.2, 0.25) is 0 Å². The molecule has 1 N–H and O–H groups in total. The van der Waals surface area contributed by atoms with Crippen molar-refractivity contribution in [2.75, 3.05) is 6.61 Å². The molecule has 0 aliphatic rings. The van der Waals surface area contributed by atoms with E-state index in [1.807, 2.05) is 0 Å². The van der Waals surface area contributed by atoms with Gasteiger partial charge in [-0.05, 0) is 52.3 Å². The summed E-state index contributed by atoms with van der Waals surface area (Å²) in [5.41, 5.74) is 2.33. The van der Waals surface area contributed by atoms with Crippen molar-refractivity contribution in [1.29, 1.82) is 0 Å². The Morgan fingerprint density at radius 2 is 2.10 bits per heavy atom. The Morgan fingerprint density at radius 1 is 1.35 bits per heavy atom. The maximum absolute atomic E-state index is 11.5. The van der Waals surface area contributed by atoms with Gasteiger partial charge in [-0.25, -0.2) is 5.43 Å². The quantitative estimate of drug-likeness (QED) is 0.660. The molecule has 5 nitrogen and oxygen atoms in total. The summed E-state index contributed by atoms with van der Waals surface area (Å²) >= 11 is 8.90. The van der Waals surface area contributed by atoms with Crippen molar-refractivity contribution in [2.45, 2.75) is 0 Å². The fourth-order valence-electron chi connectivity index (χ4n) is 1.28. The van der Waals surface area contributed by atoms with E-state index in [-0.39, 0.29) is 12.5 Å². The molecule has 0 aliphatic heterocycles. The summed E-state index contributed by atoms with van der Waals surface area (Å²) in [5.74, 6) is 0.709. The lowest BCUT2D eigenvalue weighted by atomic mass is 10.3. The number of nitrogens with one attached hydrogen (secondary N) is 1. The molecule has 0 aliphatic carbocycles. The van der Waals surface area contributed by atoms with E-state index in [0.29, 0.717) is 21.2 Å². The summed E-state index contributed by atoms with van der Waals surface area (Å²) in [7, 11) is 0. The van der Waals surface area contributed by atoms with Gasteiger partial charge in [-0.1, -0.05) is 11.6 Å². The highest BCUT2D eigenvalue weighted by molar-refractivity contribution is 9.10. The molecule has 20 heavy (non-hydrogen) atoms. The van der Waals surface area contributed by atoms with Gasteiger partial charge in [-0.3, -0.25) is 4.79 Å². The number of carbonyl (C=O) groups is 1. The van der Waals surface area contributed by atoms with Crippen molar-refractivity contribution >= 4 is 39.7 Å². The normalized spacial score (nSPS) is 10.7. The Morgan fingerprint density at radius 3 is 2.75 bits per heavy atom. The van der Waals surface area contributed by atoms with Crippen LogP contribution < -0.4 is 10.2 Å². The summed E-state index contributed by atoms with van der Waals surface area (Å²) in [6.45, 7) is -0.138. The minimum Gasteiger partial charge on any atom is -0.484 e. The summed E-state index contributed by atoms with van der Waals surface area (Å²) in [4.78, 5) is 11.5. The second-order valence-electron chi connectivity index (χ2n) is 3.68. The first-order chi connectivity index (χ1) is 9.63. The number of rotatable bonds is 5. The van der Waals surface area contributed by atoms with Crippen molar-refractivity contribution in [3.05, 3.63) is 51.9 Å². The second-order valence-corrected chi connectivity index (χ2v) is 4.90. The van der Waals surface area contributed by atoms with Gasteiger partial charge in [0, 0.05) is 5.02 Å². The molecule has 0 bridgehead atoms. The average molecular weight is 358 g/mol. The zero-order chi connectivity index (χ0) is 14.4. The largest absolute Gasteiger partial charge is 0.484 e. The van der Waals surface area contributed by atoms with Crippen LogP contribution in [0.5, 0.6) is 5.75 Å². The van der Waals surface area contributed by atoms with Crippen molar-refractivity contribution in [3.8, 4) is 5.75 Å². The van der Waals surface area contributed by atoms with E-state index in [9.17, 15) is 4.79 Å². The number of benzene rings is 1. The summed E-state index contributed by atoms with van der Waals surface area (Å²) in [5, 5.41) is 4.35. The molecule has 0 saturated heterocycles. The van der Waals surface area contributed by atoms with Gasteiger partial charge in [0.05, 0.1) is 6.21 Å². The van der Waals surface area contributed by atoms with Gasteiger partial charge >= 0.3 is 0 Å². The van der Waals surface area contributed by atoms with Gasteiger partial charge in [0.1, 0.15) is 11.5 Å². The van der Waals surface area contributed by atoms with Crippen LogP contribution >= 0.6 is 27.5 Å². The molecule has 2 aromatic rings. The Bertz CT molecular complexity index is 610. The molecule has 0 fully saturated rings. The van der Waals surface area contributed by atoms with Gasteiger partial charge in [-0.15, -0.1) is 0 Å². The molecule has 1 aromatic heterocycles. The van der Waals surface area contributed by atoms with Crippen LogP contribution in [-0.4, -0.2) is 18.7 Å². The number of halogens is 2. The standard InChI is InChI=1S/C13H10BrClN2O3/c14-12-6-5-11(20-12)7-16-17-13(18)8-19-10-3-1-9(15)2-4-10/h1-7H,8H2,(H,17,18). The average Bonchev–Trinajstić information content (AvgIpc) is 2.84. The smallest absolute Gasteiger partial charge is 0.277 e. The van der Waals surface area contributed by atoms with Crippen molar-refractivity contribution in [2.24, 2.45) is 5.10 Å². The third-order valence-corrected chi connectivity index (χ3v) is 2.84. The minimum absolute atomic E-state index is 0.138. The Kier molecular flexibility index (Phi) is 5.20. The van der Waals surface area contributed by atoms with Crippen LogP contribution in [-0.2, 0) is 4.79 Å². The van der Waals surface area contributed by atoms with E-state index in [1.165, 1.54) is 6.21 Å². The first-order valence-corrected chi connectivity index (χ1v) is 6.76. The zero-order valence-corrected chi connectivity index (χ0v) is 12.5. The van der Waals surface area contributed by atoms with Crippen molar-refractivity contribution in [1.82, 2.24) is 5.43 Å². The van der Waals surface area contributed by atoms with E-state index in [4.69, 9.17) is 20.8 Å². The summed E-state index contributed by atoms with van der Waals surface area (Å²) in [6.07, 6.45) is 1.39. The van der Waals surface area contributed by atoms with Crippen LogP contribution in [0.15, 0.2) is 50.6 Å². The van der Waals surface area contributed by atoms with Crippen LogP contribution in [0, 0.1) is 0 Å². The van der Waals surface area contributed by atoms with Gasteiger partial charge in [0.25, 0.3) is 5.91 Å². The number of amides is 1. The van der Waals surface area contributed by atoms with Crippen molar-refractivity contribution in [3.63, 3.8) is 0 Å². The fourth-order valence-corrected chi connectivity index (χ4v) is 1.72.